The summed E-state index contributed by atoms with van der Waals surface area (Å²) in [6, 6.07) is 27.5. The van der Waals surface area contributed by atoms with E-state index in [1.54, 1.807) is 13.0 Å². The number of nitrogens with one attached hydrogen (secondary N) is 1. The Balaban J connectivity index is 1.49. The van der Waals surface area contributed by atoms with Crippen LogP contribution in [0.3, 0.4) is 0 Å². The molecule has 0 saturated heterocycles. The third kappa shape index (κ3) is 4.20. The number of ether oxygens (including phenoxy) is 1. The van der Waals surface area contributed by atoms with E-state index in [0.29, 0.717) is 18.0 Å². The fourth-order valence-electron chi connectivity index (χ4n) is 3.74. The molecule has 1 unspecified atom stereocenters. The van der Waals surface area contributed by atoms with Gasteiger partial charge in [0.25, 0.3) is 5.91 Å². The molecule has 1 heterocycles. The molecule has 3 aromatic carbocycles. The molecule has 5 heteroatoms. The van der Waals surface area contributed by atoms with Gasteiger partial charge in [0.15, 0.2) is 6.10 Å². The van der Waals surface area contributed by atoms with E-state index in [2.05, 4.69) is 29.6 Å². The van der Waals surface area contributed by atoms with Crippen LogP contribution in [0.15, 0.2) is 84.9 Å². The number of amides is 2. The van der Waals surface area contributed by atoms with Crippen LogP contribution in [-0.2, 0) is 9.59 Å². The second kappa shape index (κ2) is 8.82. The van der Waals surface area contributed by atoms with Gasteiger partial charge in [-0.05, 0) is 30.2 Å². The highest BCUT2D eigenvalue weighted by Gasteiger charge is 2.32. The number of hydrogen-bond acceptors (Lipinski definition) is 3. The van der Waals surface area contributed by atoms with E-state index in [1.165, 1.54) is 4.90 Å². The normalized spacial score (nSPS) is 15.5. The first kappa shape index (κ1) is 19.7. The van der Waals surface area contributed by atoms with Gasteiger partial charge < -0.3 is 10.1 Å². The maximum absolute atomic E-state index is 12.8. The summed E-state index contributed by atoms with van der Waals surface area (Å²) in [7, 11) is 0. The highest BCUT2D eigenvalue weighted by molar-refractivity contribution is 6.03. The van der Waals surface area contributed by atoms with E-state index >= 15 is 0 Å². The van der Waals surface area contributed by atoms with Crippen LogP contribution in [0, 0.1) is 0 Å². The Morgan fingerprint density at radius 1 is 0.933 bits per heavy atom. The SMILES string of the molecule is CC1Oc2ccccc2N(CC(=O)NCC(c2ccccc2)c2ccccc2)C1=O. The molecule has 5 nitrogen and oxygen atoms in total. The van der Waals surface area contributed by atoms with Crippen molar-refractivity contribution in [2.45, 2.75) is 18.9 Å². The van der Waals surface area contributed by atoms with Gasteiger partial charge in [0.2, 0.25) is 5.91 Å². The zero-order chi connectivity index (χ0) is 20.9. The molecule has 0 bridgehead atoms. The van der Waals surface area contributed by atoms with Gasteiger partial charge in [0, 0.05) is 12.5 Å². The van der Waals surface area contributed by atoms with Gasteiger partial charge in [-0.3, -0.25) is 14.5 Å². The standard InChI is InChI=1S/C25H24N2O3/c1-18-25(29)27(22-14-8-9-15-23(22)30-18)17-24(28)26-16-21(19-10-4-2-5-11-19)20-12-6-3-7-13-20/h2-15,18,21H,16-17H2,1H3,(H,26,28). The molecule has 30 heavy (non-hydrogen) atoms. The van der Waals surface area contributed by atoms with E-state index in [-0.39, 0.29) is 24.3 Å². The van der Waals surface area contributed by atoms with Gasteiger partial charge in [0.05, 0.1) is 5.69 Å². The van der Waals surface area contributed by atoms with Crippen molar-refractivity contribution in [2.75, 3.05) is 18.0 Å². The quantitative estimate of drug-likeness (QED) is 0.686. The highest BCUT2D eigenvalue weighted by atomic mass is 16.5. The minimum atomic E-state index is -0.617. The number of para-hydroxylation sites is 2. The molecule has 2 amide bonds. The molecule has 0 radical (unpaired) electrons. The lowest BCUT2D eigenvalue weighted by atomic mass is 9.91. The largest absolute Gasteiger partial charge is 0.479 e. The minimum absolute atomic E-state index is 0.0305. The molecule has 0 saturated carbocycles. The number of carbonyl (C=O) groups excluding carboxylic acids is 2. The summed E-state index contributed by atoms with van der Waals surface area (Å²) in [5, 5.41) is 3.02. The average Bonchev–Trinajstić information content (AvgIpc) is 2.78. The smallest absolute Gasteiger partial charge is 0.268 e. The molecule has 152 valence electrons. The van der Waals surface area contributed by atoms with Crippen molar-refractivity contribution in [3.8, 4) is 5.75 Å². The Morgan fingerprint density at radius 3 is 2.13 bits per heavy atom. The molecule has 0 aromatic heterocycles. The van der Waals surface area contributed by atoms with Gasteiger partial charge in [-0.25, -0.2) is 0 Å². The first-order valence-corrected chi connectivity index (χ1v) is 10.1. The molecule has 0 aliphatic carbocycles. The van der Waals surface area contributed by atoms with Crippen LogP contribution >= 0.6 is 0 Å². The van der Waals surface area contributed by atoms with Crippen molar-refractivity contribution in [1.29, 1.82) is 0 Å². The van der Waals surface area contributed by atoms with Crippen molar-refractivity contribution in [1.82, 2.24) is 5.32 Å². The van der Waals surface area contributed by atoms with Crippen LogP contribution in [0.5, 0.6) is 5.75 Å². The predicted octanol–water partition coefficient (Wildman–Crippen LogP) is 3.75. The fraction of sp³-hybridized carbons (Fsp3) is 0.200. The first-order chi connectivity index (χ1) is 14.6. The lowest BCUT2D eigenvalue weighted by Crippen LogP contribution is -2.49. The molecule has 3 aromatic rings. The molecule has 1 atom stereocenters. The van der Waals surface area contributed by atoms with Crippen molar-refractivity contribution >= 4 is 17.5 Å². The summed E-state index contributed by atoms with van der Waals surface area (Å²) < 4.78 is 5.65. The van der Waals surface area contributed by atoms with Gasteiger partial charge in [-0.2, -0.15) is 0 Å². The molecule has 0 spiro atoms. The summed E-state index contributed by atoms with van der Waals surface area (Å²) in [6.07, 6.45) is -0.617. The fourth-order valence-corrected chi connectivity index (χ4v) is 3.74. The minimum Gasteiger partial charge on any atom is -0.479 e. The Morgan fingerprint density at radius 2 is 1.50 bits per heavy atom. The monoisotopic (exact) mass is 400 g/mol. The lowest BCUT2D eigenvalue weighted by Gasteiger charge is -2.32. The summed E-state index contributed by atoms with van der Waals surface area (Å²) in [5.41, 5.74) is 2.88. The van der Waals surface area contributed by atoms with Crippen LogP contribution in [0.1, 0.15) is 24.0 Å². The molecule has 4 rings (SSSR count). The Labute approximate surface area is 176 Å². The summed E-state index contributed by atoms with van der Waals surface area (Å²) in [6.45, 7) is 2.10. The Hall–Kier alpha value is -3.60. The van der Waals surface area contributed by atoms with Crippen molar-refractivity contribution in [2.24, 2.45) is 0 Å². The van der Waals surface area contributed by atoms with E-state index < -0.39 is 6.10 Å². The van der Waals surface area contributed by atoms with Crippen molar-refractivity contribution in [3.05, 3.63) is 96.1 Å². The topological polar surface area (TPSA) is 58.6 Å². The van der Waals surface area contributed by atoms with Crippen LogP contribution in [0.2, 0.25) is 0 Å². The number of carbonyl (C=O) groups is 2. The van der Waals surface area contributed by atoms with Crippen LogP contribution in [0.25, 0.3) is 0 Å². The predicted molar refractivity (Wildman–Crippen MR) is 117 cm³/mol. The number of nitrogens with zero attached hydrogens (tertiary/aromatic N) is 1. The highest BCUT2D eigenvalue weighted by Crippen LogP contribution is 2.33. The maximum Gasteiger partial charge on any atom is 0.268 e. The van der Waals surface area contributed by atoms with Crippen LogP contribution in [-0.4, -0.2) is 31.0 Å². The molecule has 1 N–H and O–H groups in total. The van der Waals surface area contributed by atoms with E-state index in [4.69, 9.17) is 4.74 Å². The van der Waals surface area contributed by atoms with Gasteiger partial charge >= 0.3 is 0 Å². The number of hydrogen-bond donors (Lipinski definition) is 1. The number of anilines is 1. The average molecular weight is 400 g/mol. The summed E-state index contributed by atoms with van der Waals surface area (Å²) in [4.78, 5) is 26.9. The third-order valence-electron chi connectivity index (χ3n) is 5.28. The Kier molecular flexibility index (Phi) is 5.80. The van der Waals surface area contributed by atoms with Crippen molar-refractivity contribution in [3.63, 3.8) is 0 Å². The molecule has 1 aliphatic rings. The third-order valence-corrected chi connectivity index (χ3v) is 5.28. The van der Waals surface area contributed by atoms with Gasteiger partial charge in [-0.15, -0.1) is 0 Å². The zero-order valence-electron chi connectivity index (χ0n) is 16.8. The Bertz CT molecular complexity index is 981. The molecule has 0 fully saturated rings. The lowest BCUT2D eigenvalue weighted by molar-refractivity contribution is -0.128. The summed E-state index contributed by atoms with van der Waals surface area (Å²) in [5.74, 6) is 0.224. The second-order valence-electron chi connectivity index (χ2n) is 7.33. The zero-order valence-corrected chi connectivity index (χ0v) is 16.8. The molecular formula is C25H24N2O3. The van der Waals surface area contributed by atoms with Gasteiger partial charge in [0.1, 0.15) is 12.3 Å². The summed E-state index contributed by atoms with van der Waals surface area (Å²) >= 11 is 0. The van der Waals surface area contributed by atoms with Crippen molar-refractivity contribution < 1.29 is 14.3 Å². The van der Waals surface area contributed by atoms with Gasteiger partial charge in [-0.1, -0.05) is 72.8 Å². The number of benzene rings is 3. The van der Waals surface area contributed by atoms with Crippen LogP contribution < -0.4 is 15.0 Å². The number of rotatable bonds is 6. The maximum atomic E-state index is 12.8. The molecular weight excluding hydrogens is 376 g/mol. The van der Waals surface area contributed by atoms with E-state index in [1.807, 2.05) is 54.6 Å². The second-order valence-corrected chi connectivity index (χ2v) is 7.33. The van der Waals surface area contributed by atoms with Crippen LogP contribution in [0.4, 0.5) is 5.69 Å². The van der Waals surface area contributed by atoms with E-state index in [9.17, 15) is 9.59 Å². The van der Waals surface area contributed by atoms with E-state index in [0.717, 1.165) is 11.1 Å². The number of fused-ring (bicyclic) bond motifs is 1. The molecule has 1 aliphatic heterocycles. The first-order valence-electron chi connectivity index (χ1n) is 10.1.